The predicted molar refractivity (Wildman–Crippen MR) is 81.2 cm³/mol. The van der Waals surface area contributed by atoms with Gasteiger partial charge < -0.3 is 4.57 Å². The molecule has 100 valence electrons. The topological polar surface area (TPSA) is 35.1 Å². The van der Waals surface area contributed by atoms with Gasteiger partial charge in [-0.05, 0) is 30.3 Å². The molecule has 4 rings (SSSR count). The molecule has 4 heteroatoms. The summed E-state index contributed by atoms with van der Waals surface area (Å²) in [5.41, 5.74) is 2.05. The SMILES string of the molecule is CC.c1ccc2c(c1)nc1nc(-n3cccc3)ccn12. The number of hydrogen-bond acceptors (Lipinski definition) is 2. The second-order valence-corrected chi connectivity index (χ2v) is 4.15. The highest BCUT2D eigenvalue weighted by molar-refractivity contribution is 5.79. The van der Waals surface area contributed by atoms with E-state index in [2.05, 4.69) is 9.97 Å². The number of hydrogen-bond donors (Lipinski definition) is 0. The average Bonchev–Trinajstić information content (AvgIpc) is 3.16. The van der Waals surface area contributed by atoms with Crippen LogP contribution in [0.25, 0.3) is 22.6 Å². The maximum atomic E-state index is 4.57. The second-order valence-electron chi connectivity index (χ2n) is 4.15. The van der Waals surface area contributed by atoms with Crippen molar-refractivity contribution in [2.24, 2.45) is 0 Å². The minimum absolute atomic E-state index is 0.724. The van der Waals surface area contributed by atoms with Crippen molar-refractivity contribution in [1.82, 2.24) is 18.9 Å². The molecule has 0 saturated heterocycles. The molecule has 4 aromatic rings. The first-order chi connectivity index (χ1) is 9.92. The number of fused-ring (bicyclic) bond motifs is 3. The molecule has 0 radical (unpaired) electrons. The third-order valence-corrected chi connectivity index (χ3v) is 3.03. The Morgan fingerprint density at radius 2 is 1.55 bits per heavy atom. The summed E-state index contributed by atoms with van der Waals surface area (Å²) in [4.78, 5) is 9.09. The fraction of sp³-hybridized carbons (Fsp3) is 0.125. The van der Waals surface area contributed by atoms with Crippen molar-refractivity contribution in [3.05, 3.63) is 61.1 Å². The van der Waals surface area contributed by atoms with Gasteiger partial charge in [-0.1, -0.05) is 26.0 Å². The van der Waals surface area contributed by atoms with E-state index in [0.717, 1.165) is 22.6 Å². The maximum absolute atomic E-state index is 4.57. The van der Waals surface area contributed by atoms with E-state index in [1.807, 2.05) is 83.9 Å². The molecule has 0 aliphatic carbocycles. The van der Waals surface area contributed by atoms with Crippen LogP contribution in [0.3, 0.4) is 0 Å². The number of imidazole rings is 1. The van der Waals surface area contributed by atoms with Crippen molar-refractivity contribution in [3.63, 3.8) is 0 Å². The monoisotopic (exact) mass is 264 g/mol. The fourth-order valence-corrected chi connectivity index (χ4v) is 2.17. The zero-order valence-electron chi connectivity index (χ0n) is 11.6. The molecule has 0 aliphatic heterocycles. The fourth-order valence-electron chi connectivity index (χ4n) is 2.17. The number of aromatic nitrogens is 4. The molecule has 0 bridgehead atoms. The summed E-state index contributed by atoms with van der Waals surface area (Å²) in [7, 11) is 0. The van der Waals surface area contributed by atoms with Gasteiger partial charge in [0.2, 0.25) is 5.78 Å². The van der Waals surface area contributed by atoms with Crippen LogP contribution in [0.15, 0.2) is 61.1 Å². The molecule has 0 unspecified atom stereocenters. The Morgan fingerprint density at radius 3 is 2.35 bits per heavy atom. The Balaban J connectivity index is 0.000000581. The summed E-state index contributed by atoms with van der Waals surface area (Å²) in [5, 5.41) is 0. The summed E-state index contributed by atoms with van der Waals surface area (Å²) < 4.78 is 3.97. The average molecular weight is 264 g/mol. The minimum Gasteiger partial charge on any atom is -0.309 e. The summed E-state index contributed by atoms with van der Waals surface area (Å²) >= 11 is 0. The zero-order chi connectivity index (χ0) is 13.9. The smallest absolute Gasteiger partial charge is 0.236 e. The Morgan fingerprint density at radius 1 is 0.800 bits per heavy atom. The predicted octanol–water partition coefficient (Wildman–Crippen LogP) is 3.70. The van der Waals surface area contributed by atoms with Gasteiger partial charge in [0.1, 0.15) is 5.82 Å². The van der Waals surface area contributed by atoms with E-state index in [9.17, 15) is 0 Å². The lowest BCUT2D eigenvalue weighted by atomic mass is 10.3. The minimum atomic E-state index is 0.724. The Labute approximate surface area is 117 Å². The van der Waals surface area contributed by atoms with Crippen LogP contribution < -0.4 is 0 Å². The number of nitrogens with zero attached hydrogens (tertiary/aromatic N) is 4. The molecule has 1 aromatic carbocycles. The van der Waals surface area contributed by atoms with Crippen molar-refractivity contribution < 1.29 is 0 Å². The Bertz CT molecular complexity index is 828. The van der Waals surface area contributed by atoms with Crippen molar-refractivity contribution >= 4 is 16.8 Å². The van der Waals surface area contributed by atoms with E-state index in [4.69, 9.17) is 0 Å². The van der Waals surface area contributed by atoms with Gasteiger partial charge in [-0.3, -0.25) is 4.40 Å². The van der Waals surface area contributed by atoms with Crippen LogP contribution in [-0.2, 0) is 0 Å². The Hall–Kier alpha value is -2.62. The van der Waals surface area contributed by atoms with Gasteiger partial charge in [0.25, 0.3) is 0 Å². The molecular weight excluding hydrogens is 248 g/mol. The first-order valence-electron chi connectivity index (χ1n) is 6.79. The molecule has 0 saturated carbocycles. The van der Waals surface area contributed by atoms with Gasteiger partial charge in [0.05, 0.1) is 11.0 Å². The van der Waals surface area contributed by atoms with Crippen LogP contribution in [0.1, 0.15) is 13.8 Å². The largest absolute Gasteiger partial charge is 0.309 e. The summed E-state index contributed by atoms with van der Waals surface area (Å²) in [6.45, 7) is 4.00. The van der Waals surface area contributed by atoms with E-state index in [1.165, 1.54) is 0 Å². The van der Waals surface area contributed by atoms with Crippen LogP contribution in [0, 0.1) is 0 Å². The third-order valence-electron chi connectivity index (χ3n) is 3.03. The van der Waals surface area contributed by atoms with Crippen molar-refractivity contribution in [2.45, 2.75) is 13.8 Å². The van der Waals surface area contributed by atoms with Crippen LogP contribution in [0.4, 0.5) is 0 Å². The van der Waals surface area contributed by atoms with Gasteiger partial charge in [0, 0.05) is 18.6 Å². The summed E-state index contributed by atoms with van der Waals surface area (Å²) in [5.74, 6) is 1.60. The van der Waals surface area contributed by atoms with Gasteiger partial charge in [-0.2, -0.15) is 4.98 Å². The maximum Gasteiger partial charge on any atom is 0.236 e. The first-order valence-corrected chi connectivity index (χ1v) is 6.79. The molecule has 0 amide bonds. The van der Waals surface area contributed by atoms with E-state index in [0.29, 0.717) is 0 Å². The highest BCUT2D eigenvalue weighted by atomic mass is 15.1. The van der Waals surface area contributed by atoms with Crippen LogP contribution in [0.2, 0.25) is 0 Å². The lowest BCUT2D eigenvalue weighted by Crippen LogP contribution is -1.97. The molecule has 0 atom stereocenters. The van der Waals surface area contributed by atoms with Crippen LogP contribution in [0.5, 0.6) is 0 Å². The Kier molecular flexibility index (Phi) is 3.21. The van der Waals surface area contributed by atoms with Gasteiger partial charge in [0.15, 0.2) is 0 Å². The van der Waals surface area contributed by atoms with Crippen molar-refractivity contribution in [3.8, 4) is 5.82 Å². The van der Waals surface area contributed by atoms with E-state index < -0.39 is 0 Å². The molecule has 3 aromatic heterocycles. The highest BCUT2D eigenvalue weighted by Gasteiger charge is 2.05. The zero-order valence-corrected chi connectivity index (χ0v) is 11.6. The highest BCUT2D eigenvalue weighted by Crippen LogP contribution is 2.16. The van der Waals surface area contributed by atoms with Gasteiger partial charge in [-0.15, -0.1) is 0 Å². The molecule has 3 heterocycles. The lowest BCUT2D eigenvalue weighted by molar-refractivity contribution is 0.985. The van der Waals surface area contributed by atoms with E-state index in [-0.39, 0.29) is 0 Å². The lowest BCUT2D eigenvalue weighted by Gasteiger charge is -2.01. The normalized spacial score (nSPS) is 10.5. The molecule has 0 fully saturated rings. The molecule has 0 aliphatic rings. The first kappa shape index (κ1) is 12.4. The number of rotatable bonds is 1. The van der Waals surface area contributed by atoms with Crippen molar-refractivity contribution in [1.29, 1.82) is 0 Å². The molecular formula is C16H16N4. The number of para-hydroxylation sites is 2. The van der Waals surface area contributed by atoms with E-state index >= 15 is 0 Å². The van der Waals surface area contributed by atoms with Gasteiger partial charge >= 0.3 is 0 Å². The van der Waals surface area contributed by atoms with Crippen molar-refractivity contribution in [2.75, 3.05) is 0 Å². The molecule has 4 nitrogen and oxygen atoms in total. The second kappa shape index (κ2) is 5.17. The third kappa shape index (κ3) is 1.95. The number of benzene rings is 1. The summed E-state index contributed by atoms with van der Waals surface area (Å²) in [6, 6.07) is 14.0. The quantitative estimate of drug-likeness (QED) is 0.525. The van der Waals surface area contributed by atoms with Crippen LogP contribution in [-0.4, -0.2) is 18.9 Å². The van der Waals surface area contributed by atoms with Gasteiger partial charge in [-0.25, -0.2) is 4.98 Å². The van der Waals surface area contributed by atoms with Crippen LogP contribution >= 0.6 is 0 Å². The molecule has 0 spiro atoms. The standard InChI is InChI=1S/C14H10N4.C2H6/c1-2-6-12-11(5-1)15-14-16-13(7-10-18(12)14)17-8-3-4-9-17;1-2/h1-10H;1-2H3. The molecule has 0 N–H and O–H groups in total. The summed E-state index contributed by atoms with van der Waals surface area (Å²) in [6.07, 6.45) is 5.95. The molecule has 20 heavy (non-hydrogen) atoms. The van der Waals surface area contributed by atoms with E-state index in [1.54, 1.807) is 0 Å².